The minimum atomic E-state index is 0.0146. The number of benzene rings is 2. The van der Waals surface area contributed by atoms with E-state index in [4.69, 9.17) is 0 Å². The van der Waals surface area contributed by atoms with Crippen LogP contribution in [0.4, 0.5) is 0 Å². The van der Waals surface area contributed by atoms with Crippen LogP contribution in [0.5, 0.6) is 5.75 Å². The standard InChI is InChI=1S/C25H29BrN4O2S/c1-15-8-10-21(17(3)12-15)30-24(19-13-18(26)9-11-22(19)31)28-29-25(30)33-14-23(32)27-20-7-5-4-6-16(20)2/h8-13,16,20,31H,4-7,14H2,1-3H3,(H,27,32)/t16-,20+/m0/s1. The van der Waals surface area contributed by atoms with Gasteiger partial charge in [-0.1, -0.05) is 65.2 Å². The Labute approximate surface area is 207 Å². The lowest BCUT2D eigenvalue weighted by Crippen LogP contribution is -2.41. The highest BCUT2D eigenvalue weighted by Crippen LogP contribution is 2.35. The number of nitrogens with zero attached hydrogens (tertiary/aromatic N) is 3. The zero-order chi connectivity index (χ0) is 23.5. The number of hydrogen-bond donors (Lipinski definition) is 2. The predicted molar refractivity (Wildman–Crippen MR) is 136 cm³/mol. The number of aryl methyl sites for hydroxylation is 2. The molecule has 33 heavy (non-hydrogen) atoms. The smallest absolute Gasteiger partial charge is 0.230 e. The molecule has 1 fully saturated rings. The quantitative estimate of drug-likeness (QED) is 0.394. The van der Waals surface area contributed by atoms with E-state index in [1.165, 1.54) is 31.0 Å². The molecule has 0 saturated heterocycles. The van der Waals surface area contributed by atoms with Crippen molar-refractivity contribution in [1.29, 1.82) is 0 Å². The highest BCUT2D eigenvalue weighted by molar-refractivity contribution is 9.10. The molecule has 0 aliphatic heterocycles. The van der Waals surface area contributed by atoms with Crippen LogP contribution in [-0.4, -0.2) is 37.6 Å². The van der Waals surface area contributed by atoms with Crippen molar-refractivity contribution in [3.05, 3.63) is 52.0 Å². The van der Waals surface area contributed by atoms with Crippen molar-refractivity contribution in [3.63, 3.8) is 0 Å². The molecule has 0 spiro atoms. The number of amides is 1. The van der Waals surface area contributed by atoms with E-state index in [1.54, 1.807) is 12.1 Å². The number of aromatic nitrogens is 3. The fraction of sp³-hybridized carbons (Fsp3) is 0.400. The predicted octanol–water partition coefficient (Wildman–Crippen LogP) is 5.81. The third-order valence-corrected chi connectivity index (χ3v) is 7.64. The summed E-state index contributed by atoms with van der Waals surface area (Å²) in [4.78, 5) is 12.7. The fourth-order valence-electron chi connectivity index (χ4n) is 4.41. The van der Waals surface area contributed by atoms with Crippen LogP contribution < -0.4 is 5.32 Å². The van der Waals surface area contributed by atoms with E-state index in [2.05, 4.69) is 51.4 Å². The summed E-state index contributed by atoms with van der Waals surface area (Å²) in [5, 5.41) is 23.2. The van der Waals surface area contributed by atoms with Crippen LogP contribution >= 0.6 is 27.7 Å². The number of nitrogens with one attached hydrogen (secondary N) is 1. The van der Waals surface area contributed by atoms with Gasteiger partial charge in [-0.15, -0.1) is 10.2 Å². The number of carbonyl (C=O) groups excluding carboxylic acids is 1. The van der Waals surface area contributed by atoms with Crippen LogP contribution in [0.25, 0.3) is 17.1 Å². The van der Waals surface area contributed by atoms with Crippen LogP contribution in [-0.2, 0) is 4.79 Å². The zero-order valence-electron chi connectivity index (χ0n) is 19.1. The Morgan fingerprint density at radius 1 is 1.18 bits per heavy atom. The summed E-state index contributed by atoms with van der Waals surface area (Å²) in [6.45, 7) is 6.31. The monoisotopic (exact) mass is 528 g/mol. The number of hydrogen-bond acceptors (Lipinski definition) is 5. The van der Waals surface area contributed by atoms with Gasteiger partial charge in [0.1, 0.15) is 5.75 Å². The molecule has 2 N–H and O–H groups in total. The third-order valence-electron chi connectivity index (χ3n) is 6.22. The lowest BCUT2D eigenvalue weighted by molar-refractivity contribution is -0.119. The first-order chi connectivity index (χ1) is 15.8. The topological polar surface area (TPSA) is 80.0 Å². The van der Waals surface area contributed by atoms with Gasteiger partial charge in [-0.3, -0.25) is 9.36 Å². The van der Waals surface area contributed by atoms with Crippen molar-refractivity contribution in [3.8, 4) is 22.8 Å². The summed E-state index contributed by atoms with van der Waals surface area (Å²) < 4.78 is 2.76. The molecule has 2 aromatic carbocycles. The molecule has 1 heterocycles. The van der Waals surface area contributed by atoms with E-state index < -0.39 is 0 Å². The molecule has 1 aliphatic rings. The highest BCUT2D eigenvalue weighted by atomic mass is 79.9. The summed E-state index contributed by atoms with van der Waals surface area (Å²) in [6.07, 6.45) is 4.62. The van der Waals surface area contributed by atoms with Crippen LogP contribution in [0, 0.1) is 19.8 Å². The molecular weight excluding hydrogens is 500 g/mol. The number of carbonyl (C=O) groups is 1. The summed E-state index contributed by atoms with van der Waals surface area (Å²) in [5.74, 6) is 1.44. The second-order valence-corrected chi connectivity index (χ2v) is 10.7. The maximum absolute atomic E-state index is 12.7. The number of aromatic hydroxyl groups is 1. The zero-order valence-corrected chi connectivity index (χ0v) is 21.5. The first kappa shape index (κ1) is 23.8. The van der Waals surface area contributed by atoms with Crippen LogP contribution in [0.3, 0.4) is 0 Å². The Morgan fingerprint density at radius 2 is 1.97 bits per heavy atom. The molecule has 6 nitrogen and oxygen atoms in total. The van der Waals surface area contributed by atoms with Crippen molar-refractivity contribution in [2.45, 2.75) is 57.7 Å². The molecule has 1 saturated carbocycles. The normalized spacial score (nSPS) is 18.3. The van der Waals surface area contributed by atoms with E-state index in [0.717, 1.165) is 27.7 Å². The Hall–Kier alpha value is -2.32. The molecule has 1 aromatic heterocycles. The molecule has 0 unspecified atom stereocenters. The minimum absolute atomic E-state index is 0.0146. The Bertz CT molecular complexity index is 1160. The molecule has 2 atom stereocenters. The number of phenolic OH excluding ortho intramolecular Hbond substituents is 1. The maximum atomic E-state index is 12.7. The van der Waals surface area contributed by atoms with Crippen molar-refractivity contribution < 1.29 is 9.90 Å². The van der Waals surface area contributed by atoms with Gasteiger partial charge in [0, 0.05) is 10.5 Å². The highest BCUT2D eigenvalue weighted by Gasteiger charge is 2.24. The first-order valence-electron chi connectivity index (χ1n) is 11.3. The van der Waals surface area contributed by atoms with E-state index in [1.807, 2.05) is 29.7 Å². The van der Waals surface area contributed by atoms with Gasteiger partial charge >= 0.3 is 0 Å². The Kier molecular flexibility index (Phi) is 7.44. The average Bonchev–Trinajstić information content (AvgIpc) is 3.19. The van der Waals surface area contributed by atoms with Gasteiger partial charge < -0.3 is 10.4 Å². The fourth-order valence-corrected chi connectivity index (χ4v) is 5.53. The van der Waals surface area contributed by atoms with Gasteiger partial charge in [0.15, 0.2) is 11.0 Å². The number of rotatable bonds is 6. The Balaban J connectivity index is 1.64. The van der Waals surface area contributed by atoms with Gasteiger partial charge in [-0.25, -0.2) is 0 Å². The van der Waals surface area contributed by atoms with Crippen molar-refractivity contribution >= 4 is 33.6 Å². The van der Waals surface area contributed by atoms with Crippen molar-refractivity contribution in [1.82, 2.24) is 20.1 Å². The summed E-state index contributed by atoms with van der Waals surface area (Å²) >= 11 is 4.84. The summed E-state index contributed by atoms with van der Waals surface area (Å²) in [5.41, 5.74) is 3.71. The van der Waals surface area contributed by atoms with E-state index in [0.29, 0.717) is 22.5 Å². The molecule has 0 bridgehead atoms. The van der Waals surface area contributed by atoms with Gasteiger partial charge in [-0.05, 0) is 62.4 Å². The van der Waals surface area contributed by atoms with Crippen molar-refractivity contribution in [2.24, 2.45) is 5.92 Å². The van der Waals surface area contributed by atoms with E-state index in [-0.39, 0.29) is 23.5 Å². The van der Waals surface area contributed by atoms with Crippen LogP contribution in [0.2, 0.25) is 0 Å². The lowest BCUT2D eigenvalue weighted by Gasteiger charge is -2.29. The third kappa shape index (κ3) is 5.44. The molecule has 8 heteroatoms. The number of halogens is 1. The number of phenols is 1. The number of thioether (sulfide) groups is 1. The lowest BCUT2D eigenvalue weighted by atomic mass is 9.86. The van der Waals surface area contributed by atoms with Gasteiger partial charge in [0.2, 0.25) is 5.91 Å². The molecule has 0 radical (unpaired) electrons. The summed E-state index contributed by atoms with van der Waals surface area (Å²) in [6, 6.07) is 11.7. The van der Waals surface area contributed by atoms with Crippen LogP contribution in [0.1, 0.15) is 43.7 Å². The summed E-state index contributed by atoms with van der Waals surface area (Å²) in [7, 11) is 0. The molecule has 1 amide bonds. The first-order valence-corrected chi connectivity index (χ1v) is 13.1. The van der Waals surface area contributed by atoms with Crippen molar-refractivity contribution in [2.75, 3.05) is 5.75 Å². The maximum Gasteiger partial charge on any atom is 0.230 e. The van der Waals surface area contributed by atoms with Gasteiger partial charge in [-0.2, -0.15) is 0 Å². The van der Waals surface area contributed by atoms with Crippen LogP contribution in [0.15, 0.2) is 46.0 Å². The van der Waals surface area contributed by atoms with E-state index >= 15 is 0 Å². The molecule has 1 aliphatic carbocycles. The largest absolute Gasteiger partial charge is 0.507 e. The molecule has 3 aromatic rings. The molecule has 4 rings (SSSR count). The minimum Gasteiger partial charge on any atom is -0.507 e. The van der Waals surface area contributed by atoms with Gasteiger partial charge in [0.05, 0.1) is 17.0 Å². The molecular formula is C25H29BrN4O2S. The second-order valence-electron chi connectivity index (χ2n) is 8.82. The average molecular weight is 530 g/mol. The second kappa shape index (κ2) is 10.3. The molecule has 174 valence electrons. The van der Waals surface area contributed by atoms with Gasteiger partial charge in [0.25, 0.3) is 0 Å². The van der Waals surface area contributed by atoms with E-state index in [9.17, 15) is 9.90 Å². The Morgan fingerprint density at radius 3 is 2.73 bits per heavy atom. The SMILES string of the molecule is Cc1ccc(-n2c(SCC(=O)N[C@@H]3CCCC[C@@H]3C)nnc2-c2cc(Br)ccc2O)c(C)c1.